The van der Waals surface area contributed by atoms with E-state index in [-0.39, 0.29) is 5.97 Å². The third-order valence-corrected chi connectivity index (χ3v) is 3.38. The maximum absolute atomic E-state index is 11.7. The Morgan fingerprint density at radius 1 is 1.53 bits per heavy atom. The van der Waals surface area contributed by atoms with Crippen molar-refractivity contribution in [2.75, 3.05) is 31.3 Å². The van der Waals surface area contributed by atoms with Crippen LogP contribution in [0.3, 0.4) is 0 Å². The molecular weight excluding hydrogens is 216 g/mol. The van der Waals surface area contributed by atoms with Crippen molar-refractivity contribution in [3.8, 4) is 0 Å². The summed E-state index contributed by atoms with van der Waals surface area (Å²) in [7, 11) is 3.38. The first-order valence-corrected chi connectivity index (χ1v) is 5.77. The number of benzene rings is 1. The summed E-state index contributed by atoms with van der Waals surface area (Å²) in [5.74, 6) is -0.368. The van der Waals surface area contributed by atoms with Crippen LogP contribution in [-0.4, -0.2) is 26.7 Å². The highest BCUT2D eigenvalue weighted by molar-refractivity contribution is 5.99. The Hall–Kier alpha value is -1.71. The number of aryl methyl sites for hydroxylation is 1. The van der Waals surface area contributed by atoms with Crippen molar-refractivity contribution in [3.63, 3.8) is 0 Å². The molecule has 0 aromatic heterocycles. The Balaban J connectivity index is 2.64. The van der Waals surface area contributed by atoms with Crippen molar-refractivity contribution >= 4 is 17.3 Å². The fourth-order valence-corrected chi connectivity index (χ4v) is 2.49. The zero-order chi connectivity index (χ0) is 12.6. The lowest BCUT2D eigenvalue weighted by Gasteiger charge is -2.31. The lowest BCUT2D eigenvalue weighted by molar-refractivity contribution is 0.0602. The molecule has 0 saturated carbocycles. The van der Waals surface area contributed by atoms with Gasteiger partial charge in [-0.2, -0.15) is 0 Å². The summed E-state index contributed by atoms with van der Waals surface area (Å²) < 4.78 is 4.76. The van der Waals surface area contributed by atoms with Crippen molar-refractivity contribution in [1.82, 2.24) is 0 Å². The second-order valence-corrected chi connectivity index (χ2v) is 4.50. The highest BCUT2D eigenvalue weighted by atomic mass is 16.5. The molecule has 1 aromatic carbocycles. The summed E-state index contributed by atoms with van der Waals surface area (Å²) in [6.45, 7) is 2.99. The number of carbonyl (C=O) groups excluding carboxylic acids is 1. The number of fused-ring (bicyclic) bond motifs is 1. The number of ether oxygens (including phenoxy) is 1. The number of esters is 1. The molecule has 2 N–H and O–H groups in total. The van der Waals surface area contributed by atoms with Gasteiger partial charge in [-0.3, -0.25) is 0 Å². The minimum Gasteiger partial charge on any atom is -0.465 e. The Morgan fingerprint density at radius 2 is 2.24 bits per heavy atom. The van der Waals surface area contributed by atoms with E-state index in [0.29, 0.717) is 11.3 Å². The minimum atomic E-state index is -0.368. The molecule has 0 bridgehead atoms. The molecule has 17 heavy (non-hydrogen) atoms. The lowest BCUT2D eigenvalue weighted by Crippen LogP contribution is -2.27. The molecule has 0 radical (unpaired) electrons. The van der Waals surface area contributed by atoms with Gasteiger partial charge in [-0.25, -0.2) is 4.79 Å². The van der Waals surface area contributed by atoms with E-state index in [1.54, 1.807) is 0 Å². The number of nitrogens with zero attached hydrogens (tertiary/aromatic N) is 1. The average Bonchev–Trinajstić information content (AvgIpc) is 2.32. The number of hydrogen-bond donors (Lipinski definition) is 1. The molecular formula is C13H18N2O2. The van der Waals surface area contributed by atoms with Gasteiger partial charge in [0.1, 0.15) is 0 Å². The van der Waals surface area contributed by atoms with Crippen molar-refractivity contribution in [2.45, 2.75) is 19.8 Å². The van der Waals surface area contributed by atoms with Crippen LogP contribution in [0.1, 0.15) is 27.9 Å². The maximum Gasteiger partial charge on any atom is 0.340 e. The summed E-state index contributed by atoms with van der Waals surface area (Å²) >= 11 is 0. The molecule has 0 aliphatic carbocycles. The van der Waals surface area contributed by atoms with Crippen LogP contribution in [-0.2, 0) is 11.2 Å². The molecule has 1 aliphatic heterocycles. The second-order valence-electron chi connectivity index (χ2n) is 4.50. The molecule has 4 heteroatoms. The van der Waals surface area contributed by atoms with Crippen LogP contribution in [0.15, 0.2) is 6.07 Å². The van der Waals surface area contributed by atoms with Gasteiger partial charge in [0, 0.05) is 13.6 Å². The van der Waals surface area contributed by atoms with E-state index < -0.39 is 0 Å². The van der Waals surface area contributed by atoms with Gasteiger partial charge in [0.15, 0.2) is 0 Å². The van der Waals surface area contributed by atoms with E-state index in [1.165, 1.54) is 12.7 Å². The first-order chi connectivity index (χ1) is 8.06. The monoisotopic (exact) mass is 234 g/mol. The van der Waals surface area contributed by atoms with Gasteiger partial charge in [-0.1, -0.05) is 0 Å². The predicted octanol–water partition coefficient (Wildman–Crippen LogP) is 1.75. The van der Waals surface area contributed by atoms with E-state index in [4.69, 9.17) is 10.5 Å². The number of methoxy groups -OCH3 is 1. The molecule has 0 unspecified atom stereocenters. The molecule has 0 amide bonds. The van der Waals surface area contributed by atoms with Crippen LogP contribution < -0.4 is 10.6 Å². The van der Waals surface area contributed by atoms with E-state index in [2.05, 4.69) is 4.90 Å². The van der Waals surface area contributed by atoms with E-state index >= 15 is 0 Å². The average molecular weight is 234 g/mol. The first-order valence-electron chi connectivity index (χ1n) is 5.77. The molecule has 0 atom stereocenters. The molecule has 0 spiro atoms. The summed E-state index contributed by atoms with van der Waals surface area (Å²) in [6.07, 6.45) is 2.15. The molecule has 0 fully saturated rings. The Kier molecular flexibility index (Phi) is 2.96. The molecule has 4 nitrogen and oxygen atoms in total. The van der Waals surface area contributed by atoms with Crippen LogP contribution in [0.25, 0.3) is 0 Å². The highest BCUT2D eigenvalue weighted by Crippen LogP contribution is 2.36. The summed E-state index contributed by atoms with van der Waals surface area (Å²) in [5, 5.41) is 0. The van der Waals surface area contributed by atoms with E-state index in [0.717, 1.165) is 30.6 Å². The molecule has 1 heterocycles. The van der Waals surface area contributed by atoms with Gasteiger partial charge in [-0.05, 0) is 37.0 Å². The quantitative estimate of drug-likeness (QED) is 0.594. The molecule has 0 saturated heterocycles. The van der Waals surface area contributed by atoms with Crippen LogP contribution in [0, 0.1) is 6.92 Å². The molecule has 1 aromatic rings. The van der Waals surface area contributed by atoms with Gasteiger partial charge in [0.2, 0.25) is 0 Å². The predicted molar refractivity (Wildman–Crippen MR) is 68.5 cm³/mol. The van der Waals surface area contributed by atoms with Crippen molar-refractivity contribution < 1.29 is 9.53 Å². The van der Waals surface area contributed by atoms with Crippen LogP contribution >= 0.6 is 0 Å². The zero-order valence-electron chi connectivity index (χ0n) is 10.5. The summed E-state index contributed by atoms with van der Waals surface area (Å²) in [4.78, 5) is 13.8. The fourth-order valence-electron chi connectivity index (χ4n) is 2.49. The smallest absolute Gasteiger partial charge is 0.340 e. The lowest BCUT2D eigenvalue weighted by atomic mass is 9.93. The number of carbonyl (C=O) groups is 1. The van der Waals surface area contributed by atoms with Crippen LogP contribution in [0.2, 0.25) is 0 Å². The third kappa shape index (κ3) is 1.84. The van der Waals surface area contributed by atoms with Gasteiger partial charge in [0.05, 0.1) is 24.0 Å². The number of hydrogen-bond acceptors (Lipinski definition) is 4. The van der Waals surface area contributed by atoms with E-state index in [1.807, 2.05) is 20.0 Å². The standard InChI is InChI=1S/C13H18N2O2/c1-8-7-10(13(16)17-3)11(14)12-9(8)5-4-6-15(12)2/h7H,4-6,14H2,1-3H3. The second kappa shape index (κ2) is 4.28. The van der Waals surface area contributed by atoms with Gasteiger partial charge in [0.25, 0.3) is 0 Å². The van der Waals surface area contributed by atoms with E-state index in [9.17, 15) is 4.79 Å². The number of anilines is 2. The van der Waals surface area contributed by atoms with Gasteiger partial charge < -0.3 is 15.4 Å². The Labute approximate surface area is 101 Å². The summed E-state index contributed by atoms with van der Waals surface area (Å²) in [5.41, 5.74) is 10.5. The van der Waals surface area contributed by atoms with Crippen LogP contribution in [0.4, 0.5) is 11.4 Å². The topological polar surface area (TPSA) is 55.6 Å². The van der Waals surface area contributed by atoms with Gasteiger partial charge in [-0.15, -0.1) is 0 Å². The Bertz CT molecular complexity index is 469. The van der Waals surface area contributed by atoms with Crippen molar-refractivity contribution in [2.24, 2.45) is 0 Å². The van der Waals surface area contributed by atoms with Crippen molar-refractivity contribution in [3.05, 3.63) is 22.8 Å². The van der Waals surface area contributed by atoms with Crippen LogP contribution in [0.5, 0.6) is 0 Å². The first kappa shape index (κ1) is 11.8. The normalized spacial score (nSPS) is 14.4. The SMILES string of the molecule is COC(=O)c1cc(C)c2c(c1N)N(C)CCC2. The minimum absolute atomic E-state index is 0.368. The largest absolute Gasteiger partial charge is 0.465 e. The third-order valence-electron chi connectivity index (χ3n) is 3.38. The van der Waals surface area contributed by atoms with Gasteiger partial charge >= 0.3 is 5.97 Å². The fraction of sp³-hybridized carbons (Fsp3) is 0.462. The molecule has 2 rings (SSSR count). The zero-order valence-corrected chi connectivity index (χ0v) is 10.5. The van der Waals surface area contributed by atoms with Crippen molar-refractivity contribution in [1.29, 1.82) is 0 Å². The maximum atomic E-state index is 11.7. The molecule has 92 valence electrons. The number of nitrogens with two attached hydrogens (primary N) is 1. The highest BCUT2D eigenvalue weighted by Gasteiger charge is 2.23. The molecule has 1 aliphatic rings. The number of nitrogen functional groups attached to an aromatic ring is 1. The summed E-state index contributed by atoms with van der Waals surface area (Å²) in [6, 6.07) is 1.83. The Morgan fingerprint density at radius 3 is 2.88 bits per heavy atom. The number of rotatable bonds is 1.